The van der Waals surface area contributed by atoms with Crippen LogP contribution in [0.1, 0.15) is 11.3 Å². The third kappa shape index (κ3) is 5.72. The molecule has 1 amide bonds. The maximum absolute atomic E-state index is 13.0. The standard InChI is InChI=1S/C20H17FN2O3S/c21-16-8-6-15(7-9-16)20-23-17(13-27-20)12-26-19(25)11-22-18(24)10-14-4-2-1-3-5-14/h1-9,13H,10-12H2,(H,22,24). The number of thiazole rings is 1. The maximum Gasteiger partial charge on any atom is 0.325 e. The summed E-state index contributed by atoms with van der Waals surface area (Å²) in [6.45, 7) is -0.175. The molecule has 0 saturated carbocycles. The molecule has 7 heteroatoms. The van der Waals surface area contributed by atoms with Crippen LogP contribution in [0.15, 0.2) is 60.0 Å². The van der Waals surface area contributed by atoms with Gasteiger partial charge in [0.2, 0.25) is 5.91 Å². The zero-order valence-corrected chi connectivity index (χ0v) is 15.2. The van der Waals surface area contributed by atoms with Gasteiger partial charge in [-0.15, -0.1) is 11.3 Å². The Hall–Kier alpha value is -3.06. The summed E-state index contributed by atoms with van der Waals surface area (Å²) in [7, 11) is 0. The third-order valence-corrected chi connectivity index (χ3v) is 4.60. The number of amides is 1. The Morgan fingerprint density at radius 1 is 1.07 bits per heavy atom. The number of hydrogen-bond acceptors (Lipinski definition) is 5. The minimum Gasteiger partial charge on any atom is -0.458 e. The molecule has 0 aliphatic carbocycles. The molecule has 0 spiro atoms. The summed E-state index contributed by atoms with van der Waals surface area (Å²) in [5.41, 5.74) is 2.27. The number of aromatic nitrogens is 1. The first-order valence-electron chi connectivity index (χ1n) is 8.27. The normalized spacial score (nSPS) is 10.4. The van der Waals surface area contributed by atoms with Crippen molar-refractivity contribution < 1.29 is 18.7 Å². The van der Waals surface area contributed by atoms with Crippen LogP contribution in [0.4, 0.5) is 4.39 Å². The van der Waals surface area contributed by atoms with Crippen molar-refractivity contribution in [1.29, 1.82) is 0 Å². The zero-order chi connectivity index (χ0) is 19.1. The molecule has 3 aromatic rings. The predicted octanol–water partition coefficient (Wildman–Crippen LogP) is 3.35. The smallest absolute Gasteiger partial charge is 0.325 e. The van der Waals surface area contributed by atoms with Gasteiger partial charge in [0.1, 0.15) is 24.0 Å². The van der Waals surface area contributed by atoms with Crippen molar-refractivity contribution in [3.8, 4) is 10.6 Å². The first kappa shape index (κ1) is 18.7. The van der Waals surface area contributed by atoms with E-state index < -0.39 is 5.97 Å². The number of hydrogen-bond donors (Lipinski definition) is 1. The Bertz CT molecular complexity index is 910. The van der Waals surface area contributed by atoms with Gasteiger partial charge in [0.25, 0.3) is 0 Å². The van der Waals surface area contributed by atoms with Crippen molar-refractivity contribution >= 4 is 23.2 Å². The third-order valence-electron chi connectivity index (χ3n) is 3.66. The number of esters is 1. The highest BCUT2D eigenvalue weighted by Gasteiger charge is 2.10. The molecule has 0 atom stereocenters. The van der Waals surface area contributed by atoms with Crippen LogP contribution in [0, 0.1) is 5.82 Å². The van der Waals surface area contributed by atoms with Crippen molar-refractivity contribution in [2.75, 3.05) is 6.54 Å². The summed E-state index contributed by atoms with van der Waals surface area (Å²) < 4.78 is 18.1. The zero-order valence-electron chi connectivity index (χ0n) is 14.4. The minimum atomic E-state index is -0.534. The summed E-state index contributed by atoms with van der Waals surface area (Å²) >= 11 is 1.39. The van der Waals surface area contributed by atoms with E-state index in [1.807, 2.05) is 30.3 Å². The Balaban J connectivity index is 1.43. The molecule has 27 heavy (non-hydrogen) atoms. The summed E-state index contributed by atoms with van der Waals surface area (Å²) in [6, 6.07) is 15.3. The molecule has 1 aromatic heterocycles. The first-order valence-corrected chi connectivity index (χ1v) is 9.15. The lowest BCUT2D eigenvalue weighted by Crippen LogP contribution is -2.31. The van der Waals surface area contributed by atoms with Gasteiger partial charge in [0.05, 0.1) is 12.1 Å². The number of benzene rings is 2. The lowest BCUT2D eigenvalue weighted by molar-refractivity contribution is -0.145. The van der Waals surface area contributed by atoms with Crippen LogP contribution < -0.4 is 5.32 Å². The van der Waals surface area contributed by atoms with E-state index in [4.69, 9.17) is 4.74 Å². The van der Waals surface area contributed by atoms with Crippen LogP contribution in [-0.4, -0.2) is 23.4 Å². The van der Waals surface area contributed by atoms with Gasteiger partial charge in [-0.25, -0.2) is 9.37 Å². The molecule has 138 valence electrons. The van der Waals surface area contributed by atoms with Gasteiger partial charge in [0, 0.05) is 10.9 Å². The SMILES string of the molecule is O=C(Cc1ccccc1)NCC(=O)OCc1csc(-c2ccc(F)cc2)n1. The first-order chi connectivity index (χ1) is 13.1. The van der Waals surface area contributed by atoms with E-state index in [9.17, 15) is 14.0 Å². The predicted molar refractivity (Wildman–Crippen MR) is 100 cm³/mol. The van der Waals surface area contributed by atoms with E-state index in [-0.39, 0.29) is 31.3 Å². The molecule has 2 aromatic carbocycles. The molecule has 0 fully saturated rings. The fourth-order valence-electron chi connectivity index (χ4n) is 2.32. The largest absolute Gasteiger partial charge is 0.458 e. The molecule has 0 radical (unpaired) electrons. The maximum atomic E-state index is 13.0. The van der Waals surface area contributed by atoms with Crippen LogP contribution in [0.5, 0.6) is 0 Å². The highest BCUT2D eigenvalue weighted by molar-refractivity contribution is 7.13. The van der Waals surface area contributed by atoms with Crippen molar-refractivity contribution in [1.82, 2.24) is 10.3 Å². The van der Waals surface area contributed by atoms with Crippen LogP contribution in [-0.2, 0) is 27.4 Å². The van der Waals surface area contributed by atoms with Crippen LogP contribution >= 0.6 is 11.3 Å². The van der Waals surface area contributed by atoms with Crippen LogP contribution in [0.25, 0.3) is 10.6 Å². The molecular weight excluding hydrogens is 367 g/mol. The van der Waals surface area contributed by atoms with Crippen molar-refractivity contribution in [2.45, 2.75) is 13.0 Å². The number of nitrogens with zero attached hydrogens (tertiary/aromatic N) is 1. The summed E-state index contributed by atoms with van der Waals surface area (Å²) in [5, 5.41) is 5.03. The quantitative estimate of drug-likeness (QED) is 0.635. The van der Waals surface area contributed by atoms with E-state index in [2.05, 4.69) is 10.3 Å². The van der Waals surface area contributed by atoms with Gasteiger partial charge in [-0.05, 0) is 29.8 Å². The fraction of sp³-hybridized carbons (Fsp3) is 0.150. The average molecular weight is 384 g/mol. The summed E-state index contributed by atoms with van der Waals surface area (Å²) in [6.07, 6.45) is 0.210. The lowest BCUT2D eigenvalue weighted by atomic mass is 10.1. The minimum absolute atomic E-state index is 0.0189. The topological polar surface area (TPSA) is 68.3 Å². The number of carbonyl (C=O) groups is 2. The monoisotopic (exact) mass is 384 g/mol. The lowest BCUT2D eigenvalue weighted by Gasteiger charge is -2.05. The summed E-state index contributed by atoms with van der Waals surface area (Å²) in [4.78, 5) is 28.0. The van der Waals surface area contributed by atoms with E-state index in [1.165, 1.54) is 23.5 Å². The molecule has 1 N–H and O–H groups in total. The van der Waals surface area contributed by atoms with Gasteiger partial charge in [-0.3, -0.25) is 9.59 Å². The van der Waals surface area contributed by atoms with Gasteiger partial charge >= 0.3 is 5.97 Å². The Kier molecular flexibility index (Phi) is 6.27. The van der Waals surface area contributed by atoms with Gasteiger partial charge in [-0.1, -0.05) is 30.3 Å². The van der Waals surface area contributed by atoms with Crippen LogP contribution in [0.2, 0.25) is 0 Å². The van der Waals surface area contributed by atoms with Crippen molar-refractivity contribution in [2.24, 2.45) is 0 Å². The highest BCUT2D eigenvalue weighted by atomic mass is 32.1. The molecule has 0 aliphatic heterocycles. The Morgan fingerprint density at radius 2 is 1.81 bits per heavy atom. The second-order valence-electron chi connectivity index (χ2n) is 5.75. The number of rotatable bonds is 7. The van der Waals surface area contributed by atoms with E-state index in [1.54, 1.807) is 17.5 Å². The van der Waals surface area contributed by atoms with Crippen molar-refractivity contribution in [3.63, 3.8) is 0 Å². The average Bonchev–Trinajstić information content (AvgIpc) is 3.15. The highest BCUT2D eigenvalue weighted by Crippen LogP contribution is 2.24. The Morgan fingerprint density at radius 3 is 2.56 bits per heavy atom. The molecular formula is C20H17FN2O3S. The molecule has 1 heterocycles. The molecule has 5 nitrogen and oxygen atoms in total. The number of carbonyl (C=O) groups excluding carboxylic acids is 2. The second kappa shape index (κ2) is 9.05. The second-order valence-corrected chi connectivity index (χ2v) is 6.61. The van der Waals surface area contributed by atoms with Gasteiger partial charge in [0.15, 0.2) is 0 Å². The van der Waals surface area contributed by atoms with Gasteiger partial charge in [-0.2, -0.15) is 0 Å². The van der Waals surface area contributed by atoms with E-state index in [0.717, 1.165) is 16.1 Å². The van der Waals surface area contributed by atoms with E-state index in [0.29, 0.717) is 5.69 Å². The molecule has 0 bridgehead atoms. The molecule has 0 aliphatic rings. The number of ether oxygens (including phenoxy) is 1. The number of halogens is 1. The molecule has 0 saturated heterocycles. The number of nitrogens with one attached hydrogen (secondary N) is 1. The molecule has 0 unspecified atom stereocenters. The van der Waals surface area contributed by atoms with Crippen LogP contribution in [0.3, 0.4) is 0 Å². The fourth-order valence-corrected chi connectivity index (χ4v) is 3.13. The van der Waals surface area contributed by atoms with Gasteiger partial charge < -0.3 is 10.1 Å². The van der Waals surface area contributed by atoms with E-state index >= 15 is 0 Å². The Labute approximate surface area is 159 Å². The van der Waals surface area contributed by atoms with Crippen molar-refractivity contribution in [3.05, 3.63) is 77.1 Å². The summed E-state index contributed by atoms with van der Waals surface area (Å²) in [5.74, 6) is -1.09. The molecule has 3 rings (SSSR count).